The number of benzene rings is 1. The third-order valence-electron chi connectivity index (χ3n) is 3.51. The SMILES string of the molecule is CCCCCC(CO)CCC(O)c1ccccc1. The van der Waals surface area contributed by atoms with Crippen molar-refractivity contribution in [3.63, 3.8) is 0 Å². The molecule has 0 aliphatic carbocycles. The number of aliphatic hydroxyl groups is 2. The molecule has 0 bridgehead atoms. The Kier molecular flexibility index (Phi) is 7.70. The molecule has 1 aromatic rings. The summed E-state index contributed by atoms with van der Waals surface area (Å²) in [4.78, 5) is 0. The van der Waals surface area contributed by atoms with Gasteiger partial charge in [0.05, 0.1) is 6.10 Å². The topological polar surface area (TPSA) is 40.5 Å². The smallest absolute Gasteiger partial charge is 0.0790 e. The minimum absolute atomic E-state index is 0.241. The van der Waals surface area contributed by atoms with Crippen molar-refractivity contribution in [2.75, 3.05) is 6.61 Å². The van der Waals surface area contributed by atoms with Crippen molar-refractivity contribution in [3.05, 3.63) is 35.9 Å². The second kappa shape index (κ2) is 9.12. The number of hydrogen-bond acceptors (Lipinski definition) is 2. The van der Waals surface area contributed by atoms with Gasteiger partial charge in [-0.05, 0) is 30.7 Å². The summed E-state index contributed by atoms with van der Waals surface area (Å²) in [6.07, 6.45) is 5.95. The minimum atomic E-state index is -0.397. The minimum Gasteiger partial charge on any atom is -0.396 e. The van der Waals surface area contributed by atoms with Crippen LogP contribution in [0.15, 0.2) is 30.3 Å². The van der Waals surface area contributed by atoms with Crippen LogP contribution in [0.4, 0.5) is 0 Å². The van der Waals surface area contributed by atoms with E-state index < -0.39 is 6.10 Å². The average molecular weight is 250 g/mol. The van der Waals surface area contributed by atoms with Crippen LogP contribution in [-0.4, -0.2) is 16.8 Å². The van der Waals surface area contributed by atoms with Gasteiger partial charge in [0.2, 0.25) is 0 Å². The van der Waals surface area contributed by atoms with Gasteiger partial charge in [0.1, 0.15) is 0 Å². The lowest BCUT2D eigenvalue weighted by Gasteiger charge is -2.16. The van der Waals surface area contributed by atoms with Crippen LogP contribution in [0.5, 0.6) is 0 Å². The summed E-state index contributed by atoms with van der Waals surface area (Å²) in [6, 6.07) is 9.76. The van der Waals surface area contributed by atoms with Crippen LogP contribution >= 0.6 is 0 Å². The van der Waals surface area contributed by atoms with Gasteiger partial charge in [0.25, 0.3) is 0 Å². The molecule has 102 valence electrons. The molecule has 0 aliphatic rings. The summed E-state index contributed by atoms with van der Waals surface area (Å²) >= 11 is 0. The van der Waals surface area contributed by atoms with E-state index in [2.05, 4.69) is 6.92 Å². The van der Waals surface area contributed by atoms with E-state index in [1.165, 1.54) is 19.3 Å². The Morgan fingerprint density at radius 2 is 1.72 bits per heavy atom. The average Bonchev–Trinajstić information content (AvgIpc) is 2.43. The zero-order valence-corrected chi connectivity index (χ0v) is 11.4. The molecule has 2 unspecified atom stereocenters. The van der Waals surface area contributed by atoms with E-state index in [1.807, 2.05) is 30.3 Å². The van der Waals surface area contributed by atoms with Crippen LogP contribution < -0.4 is 0 Å². The number of hydrogen-bond donors (Lipinski definition) is 2. The largest absolute Gasteiger partial charge is 0.396 e. The highest BCUT2D eigenvalue weighted by molar-refractivity contribution is 5.17. The van der Waals surface area contributed by atoms with Gasteiger partial charge >= 0.3 is 0 Å². The molecular weight excluding hydrogens is 224 g/mol. The maximum atomic E-state index is 10.1. The van der Waals surface area contributed by atoms with Crippen LogP contribution in [0.25, 0.3) is 0 Å². The molecule has 0 saturated heterocycles. The van der Waals surface area contributed by atoms with E-state index >= 15 is 0 Å². The van der Waals surface area contributed by atoms with Crippen molar-refractivity contribution in [2.45, 2.75) is 51.6 Å². The summed E-state index contributed by atoms with van der Waals surface area (Å²) < 4.78 is 0. The van der Waals surface area contributed by atoms with Crippen molar-refractivity contribution < 1.29 is 10.2 Å². The molecule has 0 radical (unpaired) electrons. The molecule has 0 aliphatic heterocycles. The molecular formula is C16H26O2. The number of rotatable bonds is 9. The molecule has 1 aromatic carbocycles. The maximum Gasteiger partial charge on any atom is 0.0790 e. The second-order valence-electron chi connectivity index (χ2n) is 5.05. The van der Waals surface area contributed by atoms with Crippen molar-refractivity contribution in [3.8, 4) is 0 Å². The van der Waals surface area contributed by atoms with Crippen molar-refractivity contribution >= 4 is 0 Å². The molecule has 0 heterocycles. The highest BCUT2D eigenvalue weighted by Gasteiger charge is 2.12. The summed E-state index contributed by atoms with van der Waals surface area (Å²) in [5.74, 6) is 0.343. The number of aliphatic hydroxyl groups excluding tert-OH is 2. The van der Waals surface area contributed by atoms with E-state index in [0.717, 1.165) is 24.8 Å². The lowest BCUT2D eigenvalue weighted by molar-refractivity contribution is 0.139. The highest BCUT2D eigenvalue weighted by Crippen LogP contribution is 2.23. The fourth-order valence-corrected chi connectivity index (χ4v) is 2.25. The molecule has 0 saturated carbocycles. The molecule has 2 atom stereocenters. The van der Waals surface area contributed by atoms with Crippen LogP contribution in [-0.2, 0) is 0 Å². The molecule has 0 fully saturated rings. The molecule has 2 nitrogen and oxygen atoms in total. The zero-order chi connectivity index (χ0) is 13.2. The highest BCUT2D eigenvalue weighted by atomic mass is 16.3. The first-order valence-electron chi connectivity index (χ1n) is 7.11. The third kappa shape index (κ3) is 5.65. The van der Waals surface area contributed by atoms with Gasteiger partial charge in [-0.15, -0.1) is 0 Å². The van der Waals surface area contributed by atoms with Gasteiger partial charge in [-0.1, -0.05) is 56.5 Å². The van der Waals surface area contributed by atoms with Crippen molar-refractivity contribution in [2.24, 2.45) is 5.92 Å². The predicted molar refractivity (Wildman–Crippen MR) is 75.4 cm³/mol. The first-order valence-corrected chi connectivity index (χ1v) is 7.11. The van der Waals surface area contributed by atoms with Gasteiger partial charge in [0.15, 0.2) is 0 Å². The van der Waals surface area contributed by atoms with Crippen molar-refractivity contribution in [1.82, 2.24) is 0 Å². The molecule has 0 spiro atoms. The fourth-order valence-electron chi connectivity index (χ4n) is 2.25. The van der Waals surface area contributed by atoms with Crippen LogP contribution in [0.1, 0.15) is 57.1 Å². The molecule has 0 aromatic heterocycles. The molecule has 0 amide bonds. The van der Waals surface area contributed by atoms with Crippen LogP contribution in [0.2, 0.25) is 0 Å². The molecule has 1 rings (SSSR count). The lowest BCUT2D eigenvalue weighted by Crippen LogP contribution is -2.08. The van der Waals surface area contributed by atoms with Gasteiger partial charge in [-0.2, -0.15) is 0 Å². The monoisotopic (exact) mass is 250 g/mol. The van der Waals surface area contributed by atoms with Gasteiger partial charge in [-0.3, -0.25) is 0 Å². The van der Waals surface area contributed by atoms with Crippen LogP contribution in [0, 0.1) is 5.92 Å². The fraction of sp³-hybridized carbons (Fsp3) is 0.625. The van der Waals surface area contributed by atoms with Crippen molar-refractivity contribution in [1.29, 1.82) is 0 Å². The Morgan fingerprint density at radius 1 is 1.00 bits per heavy atom. The Hall–Kier alpha value is -0.860. The molecule has 18 heavy (non-hydrogen) atoms. The molecule has 2 N–H and O–H groups in total. The lowest BCUT2D eigenvalue weighted by atomic mass is 9.94. The Morgan fingerprint density at radius 3 is 2.33 bits per heavy atom. The Balaban J connectivity index is 2.29. The Bertz CT molecular complexity index is 297. The zero-order valence-electron chi connectivity index (χ0n) is 11.4. The van der Waals surface area contributed by atoms with Crippen LogP contribution in [0.3, 0.4) is 0 Å². The van der Waals surface area contributed by atoms with E-state index in [9.17, 15) is 10.2 Å². The van der Waals surface area contributed by atoms with E-state index in [4.69, 9.17) is 0 Å². The summed E-state index contributed by atoms with van der Waals surface area (Å²) in [6.45, 7) is 2.43. The maximum absolute atomic E-state index is 10.1. The first-order chi connectivity index (χ1) is 8.77. The molecule has 2 heteroatoms. The first kappa shape index (κ1) is 15.2. The van der Waals surface area contributed by atoms with E-state index in [-0.39, 0.29) is 6.61 Å². The second-order valence-corrected chi connectivity index (χ2v) is 5.05. The predicted octanol–water partition coefficient (Wildman–Crippen LogP) is 3.69. The summed E-state index contributed by atoms with van der Waals surface area (Å²) in [5, 5.41) is 19.4. The number of unbranched alkanes of at least 4 members (excludes halogenated alkanes) is 2. The van der Waals surface area contributed by atoms with Gasteiger partial charge in [-0.25, -0.2) is 0 Å². The third-order valence-corrected chi connectivity index (χ3v) is 3.51. The van der Waals surface area contributed by atoms with Gasteiger partial charge in [0, 0.05) is 6.61 Å². The Labute approximate surface area is 111 Å². The van der Waals surface area contributed by atoms with E-state index in [0.29, 0.717) is 5.92 Å². The summed E-state index contributed by atoms with van der Waals surface area (Å²) in [7, 11) is 0. The quantitative estimate of drug-likeness (QED) is 0.656. The van der Waals surface area contributed by atoms with E-state index in [1.54, 1.807) is 0 Å². The normalized spacial score (nSPS) is 14.4. The standard InChI is InChI=1S/C16H26O2/c1-2-3-5-8-14(13-17)11-12-16(18)15-9-6-4-7-10-15/h4,6-7,9-10,14,16-18H,2-3,5,8,11-13H2,1H3. The van der Waals surface area contributed by atoms with Gasteiger partial charge < -0.3 is 10.2 Å². The summed E-state index contributed by atoms with van der Waals surface area (Å²) in [5.41, 5.74) is 0.975.